The van der Waals surface area contributed by atoms with Gasteiger partial charge in [0.25, 0.3) is 0 Å². The van der Waals surface area contributed by atoms with E-state index in [1.165, 1.54) is 12.0 Å². The molecule has 11 atom stereocenters. The summed E-state index contributed by atoms with van der Waals surface area (Å²) in [4.78, 5) is 44.1. The fourth-order valence-electron chi connectivity index (χ4n) is 10.3. The number of ether oxygens (including phenoxy) is 1. The summed E-state index contributed by atoms with van der Waals surface area (Å²) in [6.45, 7) is 10.1. The third-order valence-electron chi connectivity index (χ3n) is 12.9. The molecule has 0 amide bonds. The second-order valence-electron chi connectivity index (χ2n) is 16.0. The molecule has 0 radical (unpaired) electrons. The normalized spacial score (nSPS) is 35.7. The Bertz CT molecular complexity index is 1830. The van der Waals surface area contributed by atoms with Gasteiger partial charge in [-0.05, 0) is 49.2 Å². The number of carbonyl (C=O) groups excluding carboxylic acids is 1. The molecule has 3 aliphatic heterocycles. The zero-order chi connectivity index (χ0) is 39.8. The lowest BCUT2D eigenvalue weighted by molar-refractivity contribution is -0.227. The summed E-state index contributed by atoms with van der Waals surface area (Å²) in [6, 6.07) is 3.58. The van der Waals surface area contributed by atoms with E-state index in [-0.39, 0.29) is 28.7 Å². The SMILES string of the molecule is CC(=O)O[C@H]1C(C)=C[C@@H]2[C@H]([C@@H](C)CN3CCN(c4ncc(C(F)(F)F)cn4)CC3)CC[C@@H](C)[C@]2(O)C1[C@H]1[C@@H](C(=O)O)N[C@@H]2ON(C)c3c(Cl)cccc3[C@@]21O. The molecule has 2 saturated heterocycles. The fraction of sp³-hybridized carbons (Fsp3) is 0.632. The van der Waals surface area contributed by atoms with Crippen LogP contribution in [0.2, 0.25) is 5.02 Å². The van der Waals surface area contributed by atoms with Crippen LogP contribution in [0.1, 0.15) is 51.7 Å². The Kier molecular flexibility index (Phi) is 10.4. The number of benzene rings is 1. The molecule has 4 heterocycles. The van der Waals surface area contributed by atoms with Crippen molar-refractivity contribution in [3.8, 4) is 0 Å². The van der Waals surface area contributed by atoms with Gasteiger partial charge >= 0.3 is 18.1 Å². The van der Waals surface area contributed by atoms with Gasteiger partial charge in [-0.25, -0.2) is 9.97 Å². The third kappa shape index (κ3) is 6.65. The third-order valence-corrected chi connectivity index (χ3v) is 13.2. The number of esters is 1. The van der Waals surface area contributed by atoms with Gasteiger partial charge in [0.1, 0.15) is 17.7 Å². The smallest absolute Gasteiger partial charge is 0.419 e. The van der Waals surface area contributed by atoms with E-state index in [9.17, 15) is 38.1 Å². The minimum Gasteiger partial charge on any atom is -0.480 e. The van der Waals surface area contributed by atoms with Crippen LogP contribution in [0, 0.1) is 35.5 Å². The summed E-state index contributed by atoms with van der Waals surface area (Å²) in [5, 5.41) is 41.9. The summed E-state index contributed by atoms with van der Waals surface area (Å²) < 4.78 is 45.2. The summed E-state index contributed by atoms with van der Waals surface area (Å²) in [7, 11) is 1.62. The average Bonchev–Trinajstić information content (AvgIpc) is 3.42. The van der Waals surface area contributed by atoms with Crippen molar-refractivity contribution in [2.45, 2.75) is 76.3 Å². The topological polar surface area (TPSA) is 161 Å². The lowest BCUT2D eigenvalue weighted by Crippen LogP contribution is -2.67. The highest BCUT2D eigenvalue weighted by atomic mass is 35.5. The van der Waals surface area contributed by atoms with E-state index in [2.05, 4.69) is 27.1 Å². The number of hydroxylamine groups is 1. The predicted molar refractivity (Wildman–Crippen MR) is 195 cm³/mol. The van der Waals surface area contributed by atoms with Crippen LogP contribution in [-0.4, -0.2) is 106 Å². The maximum absolute atomic E-state index is 13.4. The molecule has 2 aromatic rings. The highest BCUT2D eigenvalue weighted by Crippen LogP contribution is 2.61. The quantitative estimate of drug-likeness (QED) is 0.235. The number of hydrogen-bond acceptors (Lipinski definition) is 12. The van der Waals surface area contributed by atoms with E-state index in [4.69, 9.17) is 21.2 Å². The number of nitrogens with zero attached hydrogens (tertiary/aromatic N) is 5. The first-order chi connectivity index (χ1) is 25.9. The molecular formula is C38H48ClF3N6O7. The van der Waals surface area contributed by atoms with Crippen LogP contribution in [-0.2, 0) is 30.9 Å². The number of nitrogens with one attached hydrogen (secondary N) is 1. The molecule has 17 heteroatoms. The standard InChI is InChI=1S/C38H48ClF3N6O7/c1-19-15-26-24(20(2)18-47-11-13-48(14-12-47)35-43-16-23(17-44-35)38(40,41)42)10-9-21(3)36(26,52)29(32(19)54-22(4)49)28-30(33(50)51)45-34-37(28,53)25-7-6-8-27(39)31(25)46(5)55-34/h6-8,15-17,20-21,24,26,28-30,32,34,45,52-53H,9-14,18H2,1-5H3,(H,50,51)/t20-,21+,24-,26+,28-,29?,30-,32-,34+,36+,37-/m0/s1. The zero-order valence-electron chi connectivity index (χ0n) is 31.3. The Morgan fingerprint density at radius 1 is 1.13 bits per heavy atom. The van der Waals surface area contributed by atoms with Crippen molar-refractivity contribution < 1.29 is 47.7 Å². The van der Waals surface area contributed by atoms with Crippen molar-refractivity contribution >= 4 is 35.2 Å². The molecule has 13 nitrogen and oxygen atoms in total. The van der Waals surface area contributed by atoms with Crippen molar-refractivity contribution in [1.29, 1.82) is 0 Å². The number of carboxylic acids is 1. The van der Waals surface area contributed by atoms with Crippen LogP contribution in [0.5, 0.6) is 0 Å². The number of fused-ring (bicyclic) bond motifs is 4. The molecule has 7 rings (SSSR count). The average molecular weight is 793 g/mol. The van der Waals surface area contributed by atoms with E-state index in [0.29, 0.717) is 56.0 Å². The maximum Gasteiger partial charge on any atom is 0.419 e. The molecule has 1 saturated carbocycles. The number of anilines is 2. The van der Waals surface area contributed by atoms with E-state index in [1.54, 1.807) is 25.2 Å². The van der Waals surface area contributed by atoms with Gasteiger partial charge in [0, 0.05) is 82.4 Å². The number of para-hydroxylation sites is 1. The van der Waals surface area contributed by atoms with Crippen LogP contribution >= 0.6 is 11.6 Å². The van der Waals surface area contributed by atoms with E-state index in [1.807, 2.05) is 24.8 Å². The first-order valence-electron chi connectivity index (χ1n) is 18.7. The lowest BCUT2D eigenvalue weighted by atomic mass is 9.49. The molecule has 4 N–H and O–H groups in total. The Labute approximate surface area is 322 Å². The zero-order valence-corrected chi connectivity index (χ0v) is 32.1. The molecule has 1 aromatic heterocycles. The van der Waals surface area contributed by atoms with Crippen molar-refractivity contribution in [3.05, 3.63) is 58.4 Å². The highest BCUT2D eigenvalue weighted by Gasteiger charge is 2.71. The molecule has 2 aliphatic carbocycles. The van der Waals surface area contributed by atoms with Gasteiger partial charge in [0.05, 0.1) is 21.9 Å². The van der Waals surface area contributed by atoms with E-state index >= 15 is 0 Å². The van der Waals surface area contributed by atoms with Gasteiger partial charge in [0.2, 0.25) is 5.95 Å². The number of alkyl halides is 3. The number of aliphatic hydroxyl groups is 2. The molecule has 1 unspecified atom stereocenters. The minimum absolute atomic E-state index is 0.0341. The molecule has 300 valence electrons. The second kappa shape index (κ2) is 14.4. The fourth-order valence-corrected chi connectivity index (χ4v) is 10.6. The first kappa shape index (κ1) is 39.7. The number of piperazine rings is 1. The van der Waals surface area contributed by atoms with Crippen LogP contribution in [0.4, 0.5) is 24.8 Å². The largest absolute Gasteiger partial charge is 0.480 e. The summed E-state index contributed by atoms with van der Waals surface area (Å²) >= 11 is 6.65. The number of aliphatic carboxylic acids is 1. The summed E-state index contributed by atoms with van der Waals surface area (Å²) in [5.74, 6) is -4.89. The number of carbonyl (C=O) groups is 2. The monoisotopic (exact) mass is 792 g/mol. The van der Waals surface area contributed by atoms with E-state index in [0.717, 1.165) is 18.8 Å². The molecule has 0 bridgehead atoms. The molecule has 1 aromatic carbocycles. The summed E-state index contributed by atoms with van der Waals surface area (Å²) in [5.41, 5.74) is -3.20. The van der Waals surface area contributed by atoms with Crippen LogP contribution in [0.25, 0.3) is 0 Å². The molecule has 3 fully saturated rings. The number of carboxylic acid groups (broad SMARTS) is 1. The van der Waals surface area contributed by atoms with Gasteiger partial charge in [-0.15, -0.1) is 0 Å². The molecular weight excluding hydrogens is 745 g/mol. The Morgan fingerprint density at radius 3 is 2.42 bits per heavy atom. The minimum atomic E-state index is -4.52. The Morgan fingerprint density at radius 2 is 1.80 bits per heavy atom. The van der Waals surface area contributed by atoms with Gasteiger partial charge in [0.15, 0.2) is 6.23 Å². The van der Waals surface area contributed by atoms with E-state index < -0.39 is 71.0 Å². The highest BCUT2D eigenvalue weighted by molar-refractivity contribution is 6.33. The van der Waals surface area contributed by atoms with Crippen LogP contribution in [0.3, 0.4) is 0 Å². The van der Waals surface area contributed by atoms with Crippen LogP contribution in [0.15, 0.2) is 42.2 Å². The Hall–Kier alpha value is -3.54. The molecule has 55 heavy (non-hydrogen) atoms. The summed E-state index contributed by atoms with van der Waals surface area (Å²) in [6.07, 6.45) is -1.86. The molecule has 5 aliphatic rings. The maximum atomic E-state index is 13.4. The van der Waals surface area contributed by atoms with Gasteiger partial charge in [-0.2, -0.15) is 13.2 Å². The second-order valence-corrected chi connectivity index (χ2v) is 16.4. The predicted octanol–water partition coefficient (Wildman–Crippen LogP) is 4.08. The van der Waals surface area contributed by atoms with Crippen molar-refractivity contribution in [1.82, 2.24) is 20.2 Å². The Balaban J connectivity index is 1.21. The van der Waals surface area contributed by atoms with Gasteiger partial charge in [-0.1, -0.05) is 43.7 Å². The first-order valence-corrected chi connectivity index (χ1v) is 19.1. The van der Waals surface area contributed by atoms with Crippen molar-refractivity contribution in [2.24, 2.45) is 35.5 Å². The lowest BCUT2D eigenvalue weighted by Gasteiger charge is -2.60. The number of rotatable bonds is 7. The molecule has 0 spiro atoms. The van der Waals surface area contributed by atoms with Crippen LogP contribution < -0.4 is 15.3 Å². The number of hydrogen-bond donors (Lipinski definition) is 4. The number of aromatic nitrogens is 2. The number of halogens is 4. The van der Waals surface area contributed by atoms with Gasteiger partial charge in [-0.3, -0.25) is 29.7 Å². The van der Waals surface area contributed by atoms with Gasteiger partial charge < -0.3 is 25.0 Å². The van der Waals surface area contributed by atoms with Crippen molar-refractivity contribution in [2.75, 3.05) is 49.7 Å². The van der Waals surface area contributed by atoms with Crippen molar-refractivity contribution in [3.63, 3.8) is 0 Å².